The molecule has 0 saturated heterocycles. The van der Waals surface area contributed by atoms with Crippen LogP contribution in [0.5, 0.6) is 0 Å². The average molecular weight is 293 g/mol. The maximum Gasteiger partial charge on any atom is 0.0554 e. The lowest BCUT2D eigenvalue weighted by molar-refractivity contribution is 0.141. The molecule has 1 saturated carbocycles. The van der Waals surface area contributed by atoms with Gasteiger partial charge in [-0.05, 0) is 43.9 Å². The predicted molar refractivity (Wildman–Crippen MR) is 88.5 cm³/mol. The number of hydrogen-bond acceptors (Lipinski definition) is 3. The first-order valence-electron chi connectivity index (χ1n) is 7.84. The fraction of sp³-hybridized carbons (Fsp3) is 0.647. The number of rotatable bonds is 6. The van der Waals surface area contributed by atoms with E-state index in [-0.39, 0.29) is 12.0 Å². The zero-order chi connectivity index (χ0) is 14.4. The van der Waals surface area contributed by atoms with Crippen LogP contribution in [0.15, 0.2) is 29.2 Å². The van der Waals surface area contributed by atoms with Crippen LogP contribution in [0.2, 0.25) is 0 Å². The molecule has 0 aromatic heterocycles. The summed E-state index contributed by atoms with van der Waals surface area (Å²) in [5.74, 6) is 0.268. The van der Waals surface area contributed by atoms with Crippen molar-refractivity contribution in [3.8, 4) is 0 Å². The van der Waals surface area contributed by atoms with E-state index >= 15 is 0 Å². The minimum atomic E-state index is -0.262. The Bertz CT molecular complexity index is 402. The molecule has 1 fully saturated rings. The van der Waals surface area contributed by atoms with Gasteiger partial charge in [0.05, 0.1) is 6.10 Å². The Morgan fingerprint density at radius 1 is 1.25 bits per heavy atom. The molecule has 1 aromatic rings. The molecule has 0 spiro atoms. The summed E-state index contributed by atoms with van der Waals surface area (Å²) in [4.78, 5) is 1.37. The summed E-state index contributed by atoms with van der Waals surface area (Å²) < 4.78 is 0. The van der Waals surface area contributed by atoms with Crippen molar-refractivity contribution in [3.05, 3.63) is 24.3 Å². The van der Waals surface area contributed by atoms with Crippen molar-refractivity contribution in [3.63, 3.8) is 0 Å². The number of aliphatic hydroxyl groups excluding tert-OH is 1. The van der Waals surface area contributed by atoms with Crippen LogP contribution in [0, 0.1) is 5.92 Å². The summed E-state index contributed by atoms with van der Waals surface area (Å²) in [6, 6.07) is 8.69. The largest absolute Gasteiger partial charge is 0.393 e. The number of anilines is 1. The Labute approximate surface area is 127 Å². The van der Waals surface area contributed by atoms with E-state index in [0.29, 0.717) is 0 Å². The molecule has 2 nitrogen and oxygen atoms in total. The first-order valence-corrected chi connectivity index (χ1v) is 8.72. The molecule has 1 aromatic carbocycles. The number of thioether (sulfide) groups is 1. The van der Waals surface area contributed by atoms with Crippen LogP contribution >= 0.6 is 11.8 Å². The summed E-state index contributed by atoms with van der Waals surface area (Å²) in [6.07, 6.45) is 6.66. The first-order chi connectivity index (χ1) is 9.65. The van der Waals surface area contributed by atoms with Gasteiger partial charge in [0.15, 0.2) is 0 Å². The minimum Gasteiger partial charge on any atom is -0.393 e. The lowest BCUT2D eigenvalue weighted by Crippen LogP contribution is -2.21. The van der Waals surface area contributed by atoms with E-state index in [1.165, 1.54) is 42.7 Å². The van der Waals surface area contributed by atoms with Gasteiger partial charge in [0.2, 0.25) is 0 Å². The fourth-order valence-electron chi connectivity index (χ4n) is 2.50. The molecular weight excluding hydrogens is 266 g/mol. The Hall–Kier alpha value is -0.670. The second-order valence-electron chi connectivity index (χ2n) is 6.00. The zero-order valence-corrected chi connectivity index (χ0v) is 13.5. The van der Waals surface area contributed by atoms with Crippen molar-refractivity contribution in [2.45, 2.75) is 62.2 Å². The Morgan fingerprint density at radius 3 is 2.70 bits per heavy atom. The smallest absolute Gasteiger partial charge is 0.0554 e. The van der Waals surface area contributed by atoms with E-state index in [2.05, 4.69) is 36.5 Å². The highest BCUT2D eigenvalue weighted by Gasteiger charge is 2.14. The van der Waals surface area contributed by atoms with Crippen molar-refractivity contribution < 1.29 is 5.11 Å². The van der Waals surface area contributed by atoms with Gasteiger partial charge in [0, 0.05) is 22.4 Å². The molecule has 0 aliphatic heterocycles. The molecule has 2 rings (SSSR count). The predicted octanol–water partition coefficient (Wildman–Crippen LogP) is 4.54. The molecule has 3 heteroatoms. The van der Waals surface area contributed by atoms with Gasteiger partial charge in [-0.3, -0.25) is 0 Å². The molecule has 2 N–H and O–H groups in total. The van der Waals surface area contributed by atoms with E-state index < -0.39 is 0 Å². The van der Waals surface area contributed by atoms with Crippen LogP contribution in [0.1, 0.15) is 46.0 Å². The summed E-state index contributed by atoms with van der Waals surface area (Å²) in [5.41, 5.74) is 1.17. The highest BCUT2D eigenvalue weighted by atomic mass is 32.2. The fourth-order valence-corrected chi connectivity index (χ4v) is 3.81. The van der Waals surface area contributed by atoms with Crippen molar-refractivity contribution in [1.29, 1.82) is 0 Å². The topological polar surface area (TPSA) is 32.3 Å². The lowest BCUT2D eigenvalue weighted by Gasteiger charge is -2.21. The third-order valence-electron chi connectivity index (χ3n) is 4.14. The molecule has 0 heterocycles. The SMILES string of the molecule is CC(O)C(C)CNc1cccc(SC2CCCCC2)c1. The third-order valence-corrected chi connectivity index (χ3v) is 5.47. The van der Waals surface area contributed by atoms with Crippen molar-refractivity contribution in [2.24, 2.45) is 5.92 Å². The van der Waals surface area contributed by atoms with Crippen LogP contribution in [-0.2, 0) is 0 Å². The number of nitrogens with one attached hydrogen (secondary N) is 1. The Balaban J connectivity index is 1.86. The first kappa shape index (κ1) is 15.7. The van der Waals surface area contributed by atoms with Gasteiger partial charge in [0.1, 0.15) is 0 Å². The molecule has 1 aliphatic rings. The Morgan fingerprint density at radius 2 is 2.00 bits per heavy atom. The van der Waals surface area contributed by atoms with Gasteiger partial charge in [-0.15, -0.1) is 11.8 Å². The van der Waals surface area contributed by atoms with Gasteiger partial charge in [-0.25, -0.2) is 0 Å². The van der Waals surface area contributed by atoms with Gasteiger partial charge < -0.3 is 10.4 Å². The normalized spacial score (nSPS) is 19.6. The van der Waals surface area contributed by atoms with Crippen LogP contribution < -0.4 is 5.32 Å². The number of benzene rings is 1. The van der Waals surface area contributed by atoms with Crippen molar-refractivity contribution in [1.82, 2.24) is 0 Å². The monoisotopic (exact) mass is 293 g/mol. The lowest BCUT2D eigenvalue weighted by atomic mass is 10.0. The number of hydrogen-bond donors (Lipinski definition) is 2. The van der Waals surface area contributed by atoms with Gasteiger partial charge >= 0.3 is 0 Å². The van der Waals surface area contributed by atoms with Crippen LogP contribution in [0.3, 0.4) is 0 Å². The van der Waals surface area contributed by atoms with Crippen LogP contribution in [-0.4, -0.2) is 23.0 Å². The minimum absolute atomic E-state index is 0.262. The molecule has 0 radical (unpaired) electrons. The molecule has 112 valence electrons. The summed E-state index contributed by atoms with van der Waals surface area (Å²) in [5, 5.41) is 13.8. The van der Waals surface area contributed by atoms with Crippen LogP contribution in [0.25, 0.3) is 0 Å². The summed E-state index contributed by atoms with van der Waals surface area (Å²) in [7, 11) is 0. The van der Waals surface area contributed by atoms with E-state index in [4.69, 9.17) is 0 Å². The standard InChI is InChI=1S/C17H27NOS/c1-13(14(2)19)12-18-15-7-6-10-17(11-15)20-16-8-4-3-5-9-16/h6-7,10-11,13-14,16,18-19H,3-5,8-9,12H2,1-2H3. The van der Waals surface area contributed by atoms with Gasteiger partial charge in [0.25, 0.3) is 0 Å². The zero-order valence-electron chi connectivity index (χ0n) is 12.6. The maximum atomic E-state index is 9.53. The quantitative estimate of drug-likeness (QED) is 0.807. The number of aliphatic hydroxyl groups is 1. The molecular formula is C17H27NOS. The summed E-state index contributed by atoms with van der Waals surface area (Å²) >= 11 is 2.03. The van der Waals surface area contributed by atoms with Gasteiger partial charge in [-0.1, -0.05) is 32.3 Å². The van der Waals surface area contributed by atoms with E-state index in [1.54, 1.807) is 0 Å². The van der Waals surface area contributed by atoms with E-state index in [1.807, 2.05) is 18.7 Å². The molecule has 2 atom stereocenters. The maximum absolute atomic E-state index is 9.53. The van der Waals surface area contributed by atoms with E-state index in [0.717, 1.165) is 11.8 Å². The Kier molecular flexibility index (Phi) is 6.24. The van der Waals surface area contributed by atoms with Gasteiger partial charge in [-0.2, -0.15) is 0 Å². The third kappa shape index (κ3) is 5.02. The van der Waals surface area contributed by atoms with Crippen molar-refractivity contribution >= 4 is 17.4 Å². The molecule has 2 unspecified atom stereocenters. The molecule has 20 heavy (non-hydrogen) atoms. The average Bonchev–Trinajstić information content (AvgIpc) is 2.46. The highest BCUT2D eigenvalue weighted by Crippen LogP contribution is 2.34. The molecule has 0 amide bonds. The van der Waals surface area contributed by atoms with Crippen LogP contribution in [0.4, 0.5) is 5.69 Å². The van der Waals surface area contributed by atoms with Crippen molar-refractivity contribution in [2.75, 3.05) is 11.9 Å². The second-order valence-corrected chi connectivity index (χ2v) is 7.38. The second kappa shape index (κ2) is 7.94. The molecule has 1 aliphatic carbocycles. The van der Waals surface area contributed by atoms with E-state index in [9.17, 15) is 5.11 Å². The summed E-state index contributed by atoms with van der Waals surface area (Å²) in [6.45, 7) is 4.73. The highest BCUT2D eigenvalue weighted by molar-refractivity contribution is 8.00. The molecule has 0 bridgehead atoms.